The van der Waals surface area contributed by atoms with E-state index in [1.54, 1.807) is 13.2 Å². The van der Waals surface area contributed by atoms with Crippen LogP contribution < -0.4 is 10.1 Å². The van der Waals surface area contributed by atoms with Crippen molar-refractivity contribution >= 4 is 23.2 Å². The molecule has 0 saturated carbocycles. The Morgan fingerprint density at radius 3 is 2.86 bits per heavy atom. The molecule has 1 unspecified atom stereocenters. The first-order valence-corrected chi connectivity index (χ1v) is 9.36. The minimum atomic E-state index is -0.478. The first kappa shape index (κ1) is 19.6. The van der Waals surface area contributed by atoms with E-state index in [4.69, 9.17) is 14.0 Å². The second-order valence-corrected chi connectivity index (χ2v) is 6.86. The minimum Gasteiger partial charge on any atom is -0.497 e. The van der Waals surface area contributed by atoms with Crippen molar-refractivity contribution < 1.29 is 23.6 Å². The number of aromatic nitrogens is 2. The molecule has 1 atom stereocenters. The van der Waals surface area contributed by atoms with E-state index >= 15 is 0 Å². The second-order valence-electron chi connectivity index (χ2n) is 5.88. The van der Waals surface area contributed by atoms with Crippen molar-refractivity contribution in [3.05, 3.63) is 52.5 Å². The van der Waals surface area contributed by atoms with E-state index in [0.29, 0.717) is 11.6 Å². The third-order valence-corrected chi connectivity index (χ3v) is 4.77. The first-order valence-electron chi connectivity index (χ1n) is 8.48. The fourth-order valence-corrected chi connectivity index (χ4v) is 3.30. The summed E-state index contributed by atoms with van der Waals surface area (Å²) in [5, 5.41) is 8.53. The molecule has 1 amide bonds. The van der Waals surface area contributed by atoms with Crippen molar-refractivity contribution in [1.29, 1.82) is 0 Å². The molecule has 8 nitrogen and oxygen atoms in total. The van der Waals surface area contributed by atoms with Gasteiger partial charge in [0.2, 0.25) is 11.7 Å². The lowest BCUT2D eigenvalue weighted by atomic mass is 10.1. The number of nitrogens with one attached hydrogen (secondary N) is 1. The number of hydrogen-bond donors (Lipinski definition) is 1. The number of thiophene rings is 1. The molecular formula is C19H19N3O5S. The van der Waals surface area contributed by atoms with E-state index in [2.05, 4.69) is 15.5 Å². The Labute approximate surface area is 165 Å². The van der Waals surface area contributed by atoms with Gasteiger partial charge in [0.15, 0.2) is 6.61 Å². The third-order valence-electron chi connectivity index (χ3n) is 3.79. The molecule has 0 saturated heterocycles. The quantitative estimate of drug-likeness (QED) is 0.578. The number of carbonyl (C=O) groups is 2. The molecule has 0 fully saturated rings. The van der Waals surface area contributed by atoms with Crippen LogP contribution in [0, 0.1) is 0 Å². The Balaban J connectivity index is 1.58. The van der Waals surface area contributed by atoms with Gasteiger partial charge < -0.3 is 19.3 Å². The Hall–Kier alpha value is -3.20. The zero-order chi connectivity index (χ0) is 19.9. The number of ether oxygens (including phenoxy) is 2. The molecule has 0 aliphatic rings. The average Bonchev–Trinajstić information content (AvgIpc) is 3.37. The normalized spacial score (nSPS) is 11.6. The van der Waals surface area contributed by atoms with Crippen LogP contribution in [0.4, 0.5) is 0 Å². The van der Waals surface area contributed by atoms with Crippen LogP contribution in [-0.4, -0.2) is 29.1 Å². The van der Waals surface area contributed by atoms with Crippen LogP contribution in [0.5, 0.6) is 5.75 Å². The molecular weight excluding hydrogens is 382 g/mol. The SMILES string of the molecule is COc1cccc(-c2noc(COC(=O)CC(NC(C)=O)c3cccs3)n2)c1. The Morgan fingerprint density at radius 2 is 2.14 bits per heavy atom. The maximum absolute atomic E-state index is 12.2. The second kappa shape index (κ2) is 9.14. The van der Waals surface area contributed by atoms with Gasteiger partial charge in [-0.3, -0.25) is 9.59 Å². The van der Waals surface area contributed by atoms with Gasteiger partial charge >= 0.3 is 5.97 Å². The number of methoxy groups -OCH3 is 1. The maximum atomic E-state index is 12.2. The lowest BCUT2D eigenvalue weighted by Crippen LogP contribution is -2.28. The molecule has 0 radical (unpaired) electrons. The number of carbonyl (C=O) groups excluding carboxylic acids is 2. The van der Waals surface area contributed by atoms with Crippen LogP contribution in [0.25, 0.3) is 11.4 Å². The van der Waals surface area contributed by atoms with E-state index in [1.807, 2.05) is 35.7 Å². The van der Waals surface area contributed by atoms with E-state index in [-0.39, 0.29) is 24.8 Å². The predicted octanol–water partition coefficient (Wildman–Crippen LogP) is 3.12. The molecule has 0 aliphatic carbocycles. The van der Waals surface area contributed by atoms with E-state index in [0.717, 1.165) is 10.4 Å². The van der Waals surface area contributed by atoms with Crippen LogP contribution in [0.1, 0.15) is 30.2 Å². The fourth-order valence-electron chi connectivity index (χ4n) is 2.52. The molecule has 3 aromatic rings. The van der Waals surface area contributed by atoms with Gasteiger partial charge in [-0.1, -0.05) is 23.4 Å². The lowest BCUT2D eigenvalue weighted by Gasteiger charge is -2.15. The van der Waals surface area contributed by atoms with Crippen LogP contribution in [0.15, 0.2) is 46.3 Å². The van der Waals surface area contributed by atoms with Crippen molar-refractivity contribution in [2.24, 2.45) is 0 Å². The smallest absolute Gasteiger partial charge is 0.308 e. The Bertz CT molecular complexity index is 939. The average molecular weight is 401 g/mol. The molecule has 2 heterocycles. The summed E-state index contributed by atoms with van der Waals surface area (Å²) < 4.78 is 15.5. The standard InChI is InChI=1S/C19H19N3O5S/c1-12(23)20-15(16-7-4-8-28-16)10-18(24)26-11-17-21-19(22-27-17)13-5-3-6-14(9-13)25-2/h3-9,15H,10-11H2,1-2H3,(H,20,23). The van der Waals surface area contributed by atoms with Gasteiger partial charge in [-0.05, 0) is 23.6 Å². The van der Waals surface area contributed by atoms with E-state index in [1.165, 1.54) is 18.3 Å². The summed E-state index contributed by atoms with van der Waals surface area (Å²) in [6, 6.07) is 10.5. The topological polar surface area (TPSA) is 104 Å². The van der Waals surface area contributed by atoms with Gasteiger partial charge in [-0.15, -0.1) is 11.3 Å². The highest BCUT2D eigenvalue weighted by Gasteiger charge is 2.20. The molecule has 1 aromatic carbocycles. The van der Waals surface area contributed by atoms with E-state index < -0.39 is 12.0 Å². The van der Waals surface area contributed by atoms with Crippen molar-refractivity contribution in [3.63, 3.8) is 0 Å². The van der Waals surface area contributed by atoms with Gasteiger partial charge in [-0.25, -0.2) is 0 Å². The van der Waals surface area contributed by atoms with Crippen molar-refractivity contribution in [2.75, 3.05) is 7.11 Å². The summed E-state index contributed by atoms with van der Waals surface area (Å²) in [5.41, 5.74) is 0.726. The highest BCUT2D eigenvalue weighted by atomic mass is 32.1. The van der Waals surface area contributed by atoms with Gasteiger partial charge in [0, 0.05) is 17.4 Å². The van der Waals surface area contributed by atoms with Crippen LogP contribution >= 0.6 is 11.3 Å². The van der Waals surface area contributed by atoms with Gasteiger partial charge in [0.05, 0.1) is 19.6 Å². The van der Waals surface area contributed by atoms with Gasteiger partial charge in [0.25, 0.3) is 5.89 Å². The zero-order valence-electron chi connectivity index (χ0n) is 15.4. The predicted molar refractivity (Wildman–Crippen MR) is 102 cm³/mol. The van der Waals surface area contributed by atoms with Crippen LogP contribution in [-0.2, 0) is 20.9 Å². The van der Waals surface area contributed by atoms with Crippen LogP contribution in [0.3, 0.4) is 0 Å². The summed E-state index contributed by atoms with van der Waals surface area (Å²) in [7, 11) is 1.57. The first-order chi connectivity index (χ1) is 13.5. The molecule has 28 heavy (non-hydrogen) atoms. The van der Waals surface area contributed by atoms with Crippen LogP contribution in [0.2, 0.25) is 0 Å². The summed E-state index contributed by atoms with van der Waals surface area (Å²) >= 11 is 1.46. The van der Waals surface area contributed by atoms with Crippen molar-refractivity contribution in [2.45, 2.75) is 26.0 Å². The fraction of sp³-hybridized carbons (Fsp3) is 0.263. The zero-order valence-corrected chi connectivity index (χ0v) is 16.2. The molecule has 2 aromatic heterocycles. The van der Waals surface area contributed by atoms with E-state index in [9.17, 15) is 9.59 Å². The van der Waals surface area contributed by atoms with Crippen molar-refractivity contribution in [1.82, 2.24) is 15.5 Å². The Morgan fingerprint density at radius 1 is 1.29 bits per heavy atom. The van der Waals surface area contributed by atoms with Gasteiger partial charge in [-0.2, -0.15) is 4.98 Å². The van der Waals surface area contributed by atoms with Gasteiger partial charge in [0.1, 0.15) is 5.75 Å². The summed E-state index contributed by atoms with van der Waals surface area (Å²) in [4.78, 5) is 28.7. The third kappa shape index (κ3) is 5.17. The highest BCUT2D eigenvalue weighted by molar-refractivity contribution is 7.10. The number of esters is 1. The molecule has 146 valence electrons. The Kier molecular flexibility index (Phi) is 6.38. The highest BCUT2D eigenvalue weighted by Crippen LogP contribution is 2.23. The monoisotopic (exact) mass is 401 g/mol. The summed E-state index contributed by atoms with van der Waals surface area (Å²) in [6.07, 6.45) is 0.0109. The minimum absolute atomic E-state index is 0.0109. The van der Waals surface area contributed by atoms with Crippen molar-refractivity contribution in [3.8, 4) is 17.1 Å². The largest absolute Gasteiger partial charge is 0.497 e. The number of rotatable bonds is 8. The maximum Gasteiger partial charge on any atom is 0.308 e. The number of nitrogens with zero attached hydrogens (tertiary/aromatic N) is 2. The molecule has 3 rings (SSSR count). The lowest BCUT2D eigenvalue weighted by molar-refractivity contribution is -0.146. The molecule has 0 spiro atoms. The molecule has 0 bridgehead atoms. The summed E-state index contributed by atoms with van der Waals surface area (Å²) in [6.45, 7) is 1.26. The number of hydrogen-bond acceptors (Lipinski definition) is 8. The molecule has 0 aliphatic heterocycles. The number of benzene rings is 1. The summed E-state index contributed by atoms with van der Waals surface area (Å²) in [5.74, 6) is 0.533. The number of amides is 1. The molecule has 9 heteroatoms. The molecule has 1 N–H and O–H groups in total.